The minimum Gasteiger partial charge on any atom is -0.478 e. The zero-order chi connectivity index (χ0) is 14.9. The van der Waals surface area contributed by atoms with Crippen LogP contribution >= 0.6 is 39.1 Å². The highest BCUT2D eigenvalue weighted by atomic mass is 79.9. The first-order valence-corrected chi connectivity index (χ1v) is 6.75. The maximum atomic E-state index is 13.9. The van der Waals surface area contributed by atoms with Crippen LogP contribution in [-0.4, -0.2) is 16.1 Å². The molecule has 0 spiro atoms. The number of nitrogens with one attached hydrogen (secondary N) is 1. The molecule has 0 radical (unpaired) electrons. The van der Waals surface area contributed by atoms with Crippen molar-refractivity contribution in [1.82, 2.24) is 4.98 Å². The van der Waals surface area contributed by atoms with E-state index in [2.05, 4.69) is 26.2 Å². The van der Waals surface area contributed by atoms with E-state index in [1.165, 1.54) is 6.20 Å². The van der Waals surface area contributed by atoms with E-state index in [-0.39, 0.29) is 15.9 Å². The molecule has 2 N–H and O–H groups in total. The first kappa shape index (κ1) is 15.0. The van der Waals surface area contributed by atoms with Gasteiger partial charge in [0.1, 0.15) is 5.56 Å². The lowest BCUT2D eigenvalue weighted by Crippen LogP contribution is -2.05. The molecule has 0 bridgehead atoms. The van der Waals surface area contributed by atoms with Gasteiger partial charge in [-0.25, -0.2) is 14.2 Å². The summed E-state index contributed by atoms with van der Waals surface area (Å²) in [5.41, 5.74) is -0.171. The molecule has 0 aliphatic carbocycles. The lowest BCUT2D eigenvalue weighted by Gasteiger charge is -2.11. The molecular weight excluding hydrogens is 374 g/mol. The number of carbonyl (C=O) groups is 1. The molecule has 2 aromatic rings. The van der Waals surface area contributed by atoms with Crippen LogP contribution in [0.4, 0.5) is 15.9 Å². The molecule has 0 saturated heterocycles. The van der Waals surface area contributed by atoms with Crippen LogP contribution in [0.1, 0.15) is 10.4 Å². The number of carboxylic acids is 1. The SMILES string of the molecule is O=C(O)c1ccnc(Nc2ccc(Br)c(Cl)c2Cl)c1F. The van der Waals surface area contributed by atoms with E-state index < -0.39 is 17.3 Å². The number of nitrogens with zero attached hydrogens (tertiary/aromatic N) is 1. The average molecular weight is 380 g/mol. The largest absolute Gasteiger partial charge is 0.478 e. The molecular formula is C12H6BrCl2FN2O2. The van der Waals surface area contributed by atoms with Gasteiger partial charge in [-0.05, 0) is 34.1 Å². The Morgan fingerprint density at radius 3 is 2.65 bits per heavy atom. The number of pyridine rings is 1. The van der Waals surface area contributed by atoms with E-state index in [0.29, 0.717) is 10.2 Å². The molecule has 0 saturated carbocycles. The number of rotatable bonds is 3. The van der Waals surface area contributed by atoms with Crippen molar-refractivity contribution < 1.29 is 14.3 Å². The van der Waals surface area contributed by atoms with Crippen molar-refractivity contribution in [3.8, 4) is 0 Å². The van der Waals surface area contributed by atoms with Crippen LogP contribution in [0.15, 0.2) is 28.9 Å². The molecule has 4 nitrogen and oxygen atoms in total. The zero-order valence-electron chi connectivity index (χ0n) is 9.62. The summed E-state index contributed by atoms with van der Waals surface area (Å²) in [5, 5.41) is 11.9. The fraction of sp³-hybridized carbons (Fsp3) is 0. The Kier molecular flexibility index (Phi) is 4.47. The van der Waals surface area contributed by atoms with Crippen LogP contribution in [0.2, 0.25) is 10.0 Å². The van der Waals surface area contributed by atoms with Gasteiger partial charge in [0, 0.05) is 10.7 Å². The predicted molar refractivity (Wildman–Crippen MR) is 78.6 cm³/mol. The Hall–Kier alpha value is -1.37. The van der Waals surface area contributed by atoms with Gasteiger partial charge in [-0.1, -0.05) is 23.2 Å². The Labute approximate surface area is 131 Å². The summed E-state index contributed by atoms with van der Waals surface area (Å²) in [6.07, 6.45) is 1.18. The fourth-order valence-electron chi connectivity index (χ4n) is 1.45. The third kappa shape index (κ3) is 2.87. The van der Waals surface area contributed by atoms with Gasteiger partial charge in [-0.3, -0.25) is 0 Å². The molecule has 0 unspecified atom stereocenters. The fourth-order valence-corrected chi connectivity index (χ4v) is 2.27. The minimum atomic E-state index is -1.38. The number of hydrogen-bond acceptors (Lipinski definition) is 3. The van der Waals surface area contributed by atoms with Gasteiger partial charge in [0.25, 0.3) is 0 Å². The van der Waals surface area contributed by atoms with E-state index >= 15 is 0 Å². The molecule has 1 aromatic heterocycles. The maximum absolute atomic E-state index is 13.9. The Bertz CT molecular complexity index is 697. The Morgan fingerprint density at radius 2 is 2.00 bits per heavy atom. The molecule has 0 aliphatic rings. The van der Waals surface area contributed by atoms with Gasteiger partial charge in [-0.15, -0.1) is 0 Å². The first-order chi connectivity index (χ1) is 9.41. The van der Waals surface area contributed by atoms with Crippen molar-refractivity contribution in [3.63, 3.8) is 0 Å². The summed E-state index contributed by atoms with van der Waals surface area (Å²) in [6.45, 7) is 0. The van der Waals surface area contributed by atoms with E-state index in [4.69, 9.17) is 28.3 Å². The lowest BCUT2D eigenvalue weighted by atomic mass is 10.2. The van der Waals surface area contributed by atoms with Crippen LogP contribution < -0.4 is 5.32 Å². The first-order valence-electron chi connectivity index (χ1n) is 5.20. The lowest BCUT2D eigenvalue weighted by molar-refractivity contribution is 0.0692. The highest BCUT2D eigenvalue weighted by Gasteiger charge is 2.16. The Balaban J connectivity index is 2.43. The van der Waals surface area contributed by atoms with Gasteiger partial charge in [-0.2, -0.15) is 0 Å². The van der Waals surface area contributed by atoms with Crippen LogP contribution in [0.25, 0.3) is 0 Å². The molecule has 104 valence electrons. The monoisotopic (exact) mass is 378 g/mol. The number of carboxylic acid groups (broad SMARTS) is 1. The predicted octanol–water partition coefficient (Wildman–Crippen LogP) is 4.73. The summed E-state index contributed by atoms with van der Waals surface area (Å²) in [4.78, 5) is 14.6. The number of benzene rings is 1. The van der Waals surface area contributed by atoms with Gasteiger partial charge in [0.2, 0.25) is 0 Å². The number of anilines is 2. The molecule has 1 aromatic carbocycles. The van der Waals surface area contributed by atoms with Crippen molar-refractivity contribution >= 4 is 56.6 Å². The van der Waals surface area contributed by atoms with Gasteiger partial charge in [0.05, 0.1) is 15.7 Å². The average Bonchev–Trinajstić information content (AvgIpc) is 2.41. The van der Waals surface area contributed by atoms with E-state index in [1.807, 2.05) is 0 Å². The highest BCUT2D eigenvalue weighted by Crippen LogP contribution is 2.37. The number of aromatic nitrogens is 1. The van der Waals surface area contributed by atoms with Gasteiger partial charge < -0.3 is 10.4 Å². The van der Waals surface area contributed by atoms with Crippen molar-refractivity contribution in [2.24, 2.45) is 0 Å². The summed E-state index contributed by atoms with van der Waals surface area (Å²) in [7, 11) is 0. The molecule has 0 fully saturated rings. The number of halogens is 4. The second-order valence-corrected chi connectivity index (χ2v) is 5.28. The normalized spacial score (nSPS) is 10.4. The van der Waals surface area contributed by atoms with E-state index in [1.54, 1.807) is 12.1 Å². The Morgan fingerprint density at radius 1 is 1.30 bits per heavy atom. The van der Waals surface area contributed by atoms with Crippen molar-refractivity contribution in [1.29, 1.82) is 0 Å². The second-order valence-electron chi connectivity index (χ2n) is 3.67. The maximum Gasteiger partial charge on any atom is 0.338 e. The summed E-state index contributed by atoms with van der Waals surface area (Å²) in [5.74, 6) is -2.60. The molecule has 0 amide bonds. The highest BCUT2D eigenvalue weighted by molar-refractivity contribution is 9.10. The topological polar surface area (TPSA) is 62.2 Å². The zero-order valence-corrected chi connectivity index (χ0v) is 12.7. The van der Waals surface area contributed by atoms with Gasteiger partial charge in [0.15, 0.2) is 11.6 Å². The van der Waals surface area contributed by atoms with Crippen LogP contribution in [0.3, 0.4) is 0 Å². The molecule has 2 rings (SSSR count). The van der Waals surface area contributed by atoms with Crippen LogP contribution in [0, 0.1) is 5.82 Å². The van der Waals surface area contributed by atoms with Crippen molar-refractivity contribution in [3.05, 3.63) is 50.3 Å². The second kappa shape index (κ2) is 5.95. The molecule has 20 heavy (non-hydrogen) atoms. The number of hydrogen-bond donors (Lipinski definition) is 2. The third-order valence-corrected chi connectivity index (χ3v) is 4.18. The third-order valence-electron chi connectivity index (χ3n) is 2.41. The molecule has 0 atom stereocenters. The minimum absolute atomic E-state index is 0.169. The molecule has 8 heteroatoms. The quantitative estimate of drug-likeness (QED) is 0.756. The van der Waals surface area contributed by atoms with E-state index in [0.717, 1.165) is 6.07 Å². The summed E-state index contributed by atoms with van der Waals surface area (Å²) in [6, 6.07) is 4.25. The smallest absolute Gasteiger partial charge is 0.338 e. The van der Waals surface area contributed by atoms with Gasteiger partial charge >= 0.3 is 5.97 Å². The van der Waals surface area contributed by atoms with Crippen LogP contribution in [0.5, 0.6) is 0 Å². The molecule has 0 aliphatic heterocycles. The summed E-state index contributed by atoms with van der Waals surface area (Å²) < 4.78 is 14.5. The molecule has 1 heterocycles. The van der Waals surface area contributed by atoms with Crippen LogP contribution in [-0.2, 0) is 0 Å². The standard InChI is InChI=1S/C12H6BrCl2FN2O2/c13-6-1-2-7(9(15)8(6)14)18-11-10(16)5(12(19)20)3-4-17-11/h1-4H,(H,17,18)(H,19,20). The summed E-state index contributed by atoms with van der Waals surface area (Å²) >= 11 is 15.2. The number of aromatic carboxylic acids is 1. The van der Waals surface area contributed by atoms with Crippen molar-refractivity contribution in [2.45, 2.75) is 0 Å². The van der Waals surface area contributed by atoms with Crippen molar-refractivity contribution in [2.75, 3.05) is 5.32 Å². The van der Waals surface area contributed by atoms with E-state index in [9.17, 15) is 9.18 Å².